The average molecular weight is 318 g/mol. The number of halogens is 3. The number of rotatable bonds is 3. The highest BCUT2D eigenvalue weighted by Crippen LogP contribution is 2.45. The molecule has 1 unspecified atom stereocenters. The third-order valence-electron chi connectivity index (χ3n) is 3.70. The largest absolute Gasteiger partial charge is 0.481 e. The molecule has 6 nitrogen and oxygen atoms in total. The van der Waals surface area contributed by atoms with Gasteiger partial charge in [-0.25, -0.2) is 4.98 Å². The summed E-state index contributed by atoms with van der Waals surface area (Å²) in [7, 11) is 1.38. The number of aromatic nitrogens is 1. The van der Waals surface area contributed by atoms with E-state index in [1.54, 1.807) is 0 Å². The predicted molar refractivity (Wildman–Crippen MR) is 67.4 cm³/mol. The van der Waals surface area contributed by atoms with Gasteiger partial charge in [0.05, 0.1) is 12.7 Å². The Kier molecular flexibility index (Phi) is 3.99. The number of nitrogens with zero attached hydrogens (tertiary/aromatic N) is 2. The minimum Gasteiger partial charge on any atom is -0.481 e. The van der Waals surface area contributed by atoms with E-state index in [2.05, 4.69) is 4.98 Å². The first-order valence-corrected chi connectivity index (χ1v) is 6.31. The average Bonchev–Trinajstić information content (AvgIpc) is 2.93. The molecule has 1 fully saturated rings. The van der Waals surface area contributed by atoms with Crippen molar-refractivity contribution in [3.63, 3.8) is 0 Å². The molecule has 2 rings (SSSR count). The van der Waals surface area contributed by atoms with Crippen molar-refractivity contribution >= 4 is 11.9 Å². The topological polar surface area (TPSA) is 79.7 Å². The highest BCUT2D eigenvalue weighted by molar-refractivity contribution is 5.95. The van der Waals surface area contributed by atoms with Gasteiger partial charge in [-0.3, -0.25) is 9.59 Å². The number of hydrogen-bond acceptors (Lipinski definition) is 4. The number of carboxylic acids is 1. The van der Waals surface area contributed by atoms with Crippen LogP contribution in [0.3, 0.4) is 0 Å². The number of carbonyl (C=O) groups is 2. The van der Waals surface area contributed by atoms with Gasteiger partial charge in [0.15, 0.2) is 5.41 Å². The zero-order valence-corrected chi connectivity index (χ0v) is 11.6. The number of ether oxygens (including phenoxy) is 1. The Hall–Kier alpha value is -2.32. The molecular weight excluding hydrogens is 305 g/mol. The van der Waals surface area contributed by atoms with E-state index >= 15 is 0 Å². The van der Waals surface area contributed by atoms with Crippen LogP contribution in [0.1, 0.15) is 16.8 Å². The number of carbonyl (C=O) groups excluding carboxylic acids is 1. The molecule has 1 aromatic rings. The van der Waals surface area contributed by atoms with Crippen molar-refractivity contribution in [2.45, 2.75) is 12.6 Å². The molecule has 22 heavy (non-hydrogen) atoms. The lowest BCUT2D eigenvalue weighted by Crippen LogP contribution is -2.47. The number of pyridine rings is 1. The van der Waals surface area contributed by atoms with Crippen LogP contribution in [0.15, 0.2) is 18.3 Å². The summed E-state index contributed by atoms with van der Waals surface area (Å²) in [6.45, 7) is -1.19. The van der Waals surface area contributed by atoms with Crippen molar-refractivity contribution in [1.82, 2.24) is 9.88 Å². The van der Waals surface area contributed by atoms with Crippen LogP contribution < -0.4 is 4.74 Å². The minimum atomic E-state index is -4.92. The number of alkyl halides is 3. The van der Waals surface area contributed by atoms with E-state index in [-0.39, 0.29) is 18.0 Å². The third-order valence-corrected chi connectivity index (χ3v) is 3.70. The summed E-state index contributed by atoms with van der Waals surface area (Å²) in [5.41, 5.74) is -2.84. The second kappa shape index (κ2) is 5.47. The molecule has 0 saturated carbocycles. The van der Waals surface area contributed by atoms with Crippen molar-refractivity contribution in [1.29, 1.82) is 0 Å². The van der Waals surface area contributed by atoms with Crippen molar-refractivity contribution in [3.8, 4) is 5.88 Å². The van der Waals surface area contributed by atoms with Crippen LogP contribution in [0, 0.1) is 5.41 Å². The van der Waals surface area contributed by atoms with E-state index < -0.39 is 36.4 Å². The van der Waals surface area contributed by atoms with Crippen LogP contribution >= 0.6 is 0 Å². The van der Waals surface area contributed by atoms with Gasteiger partial charge in [-0.05, 0) is 12.5 Å². The zero-order chi connectivity index (χ0) is 16.5. The fourth-order valence-electron chi connectivity index (χ4n) is 2.32. The Morgan fingerprint density at radius 1 is 1.41 bits per heavy atom. The first-order valence-electron chi connectivity index (χ1n) is 6.31. The Labute approximate surface area is 123 Å². The van der Waals surface area contributed by atoms with E-state index in [1.807, 2.05) is 0 Å². The van der Waals surface area contributed by atoms with E-state index in [4.69, 9.17) is 9.84 Å². The molecule has 120 valence electrons. The van der Waals surface area contributed by atoms with Crippen LogP contribution in [-0.2, 0) is 4.79 Å². The summed E-state index contributed by atoms with van der Waals surface area (Å²) in [6, 6.07) is 2.76. The lowest BCUT2D eigenvalue weighted by molar-refractivity contribution is -0.227. The van der Waals surface area contributed by atoms with Gasteiger partial charge in [-0.15, -0.1) is 0 Å². The maximum absolute atomic E-state index is 13.1. The number of carboxylic acid groups (broad SMARTS) is 1. The summed E-state index contributed by atoms with van der Waals surface area (Å²) >= 11 is 0. The Bertz CT molecular complexity index is 588. The smallest absolute Gasteiger partial charge is 0.406 e. The SMILES string of the molecule is COc1ccc(C(=O)N2CCC(C(=O)O)(C(F)(F)F)C2)cn1. The first kappa shape index (κ1) is 16.1. The molecule has 9 heteroatoms. The lowest BCUT2D eigenvalue weighted by atomic mass is 9.86. The quantitative estimate of drug-likeness (QED) is 0.915. The molecule has 0 radical (unpaired) electrons. The highest BCUT2D eigenvalue weighted by atomic mass is 19.4. The minimum absolute atomic E-state index is 0.0733. The van der Waals surface area contributed by atoms with Gasteiger partial charge in [0, 0.05) is 25.4 Å². The lowest BCUT2D eigenvalue weighted by Gasteiger charge is -2.27. The second-order valence-electron chi connectivity index (χ2n) is 4.95. The van der Waals surface area contributed by atoms with Gasteiger partial charge in [-0.2, -0.15) is 13.2 Å². The van der Waals surface area contributed by atoms with Crippen molar-refractivity contribution < 1.29 is 32.6 Å². The molecule has 2 heterocycles. The standard InChI is InChI=1S/C13H13F3N2O4/c1-22-9-3-2-8(6-17-9)10(19)18-5-4-12(7-18,11(20)21)13(14,15)16/h2-3,6H,4-5,7H2,1H3,(H,20,21). The van der Waals surface area contributed by atoms with Gasteiger partial charge in [-0.1, -0.05) is 0 Å². The maximum Gasteiger partial charge on any atom is 0.406 e. The molecule has 0 aromatic carbocycles. The zero-order valence-electron chi connectivity index (χ0n) is 11.6. The molecule has 0 aliphatic carbocycles. The van der Waals surface area contributed by atoms with E-state index in [9.17, 15) is 22.8 Å². The molecule has 1 amide bonds. The third kappa shape index (κ3) is 2.58. The maximum atomic E-state index is 13.1. The van der Waals surface area contributed by atoms with Crippen molar-refractivity contribution in [3.05, 3.63) is 23.9 Å². The first-order chi connectivity index (χ1) is 10.2. The van der Waals surface area contributed by atoms with Gasteiger partial charge in [0.25, 0.3) is 5.91 Å². The monoisotopic (exact) mass is 318 g/mol. The van der Waals surface area contributed by atoms with E-state index in [0.717, 1.165) is 4.90 Å². The number of amides is 1. The Balaban J connectivity index is 2.21. The summed E-state index contributed by atoms with van der Waals surface area (Å²) in [4.78, 5) is 27.9. The van der Waals surface area contributed by atoms with Crippen LogP contribution in [0.2, 0.25) is 0 Å². The molecule has 1 aliphatic rings. The Morgan fingerprint density at radius 2 is 2.09 bits per heavy atom. The van der Waals surface area contributed by atoms with E-state index in [0.29, 0.717) is 0 Å². The van der Waals surface area contributed by atoms with Crippen molar-refractivity contribution in [2.75, 3.05) is 20.2 Å². The molecular formula is C13H13F3N2O4. The Morgan fingerprint density at radius 3 is 2.50 bits per heavy atom. The van der Waals surface area contributed by atoms with Crippen LogP contribution in [0.4, 0.5) is 13.2 Å². The molecule has 1 saturated heterocycles. The fraction of sp³-hybridized carbons (Fsp3) is 0.462. The number of methoxy groups -OCH3 is 1. The van der Waals surface area contributed by atoms with Gasteiger partial charge in [0.1, 0.15) is 0 Å². The van der Waals surface area contributed by atoms with Gasteiger partial charge in [0.2, 0.25) is 5.88 Å². The summed E-state index contributed by atoms with van der Waals surface area (Å²) in [5, 5.41) is 8.95. The van der Waals surface area contributed by atoms with Crippen LogP contribution in [0.5, 0.6) is 5.88 Å². The summed E-state index contributed by atoms with van der Waals surface area (Å²) < 4.78 is 44.0. The van der Waals surface area contributed by atoms with Crippen LogP contribution in [0.25, 0.3) is 0 Å². The van der Waals surface area contributed by atoms with Crippen LogP contribution in [-0.4, -0.2) is 53.2 Å². The fourth-order valence-corrected chi connectivity index (χ4v) is 2.32. The molecule has 1 aliphatic heterocycles. The number of likely N-dealkylation sites (tertiary alicyclic amines) is 1. The number of aliphatic carboxylic acids is 1. The molecule has 1 N–H and O–H groups in total. The number of hydrogen-bond donors (Lipinski definition) is 1. The molecule has 1 aromatic heterocycles. The van der Waals surface area contributed by atoms with Gasteiger partial charge < -0.3 is 14.7 Å². The molecule has 0 bridgehead atoms. The predicted octanol–water partition coefficient (Wildman–Crippen LogP) is 1.57. The normalized spacial score (nSPS) is 21.7. The molecule has 0 spiro atoms. The summed E-state index contributed by atoms with van der Waals surface area (Å²) in [6.07, 6.45) is -4.41. The summed E-state index contributed by atoms with van der Waals surface area (Å²) in [5.74, 6) is -2.40. The molecule has 1 atom stereocenters. The second-order valence-corrected chi connectivity index (χ2v) is 4.95. The van der Waals surface area contributed by atoms with E-state index in [1.165, 1.54) is 25.4 Å². The van der Waals surface area contributed by atoms with Gasteiger partial charge >= 0.3 is 12.1 Å². The highest BCUT2D eigenvalue weighted by Gasteiger charge is 2.64. The van der Waals surface area contributed by atoms with Crippen molar-refractivity contribution in [2.24, 2.45) is 5.41 Å².